The molecule has 33 heavy (non-hydrogen) atoms. The van der Waals surface area contributed by atoms with Crippen molar-refractivity contribution in [3.8, 4) is 11.1 Å². The molecule has 1 atom stereocenters. The van der Waals surface area contributed by atoms with Crippen LogP contribution in [-0.2, 0) is 4.74 Å². The molecule has 0 unspecified atom stereocenters. The van der Waals surface area contributed by atoms with Crippen LogP contribution >= 0.6 is 0 Å². The molecule has 3 fully saturated rings. The van der Waals surface area contributed by atoms with E-state index in [0.717, 1.165) is 68.2 Å². The molecule has 0 radical (unpaired) electrons. The molecule has 1 saturated carbocycles. The molecule has 1 aromatic heterocycles. The lowest BCUT2D eigenvalue weighted by Crippen LogP contribution is -2.58. The van der Waals surface area contributed by atoms with Gasteiger partial charge in [-0.3, -0.25) is 4.90 Å². The number of rotatable bonds is 4. The van der Waals surface area contributed by atoms with Crippen LogP contribution < -0.4 is 4.90 Å². The smallest absolute Gasteiger partial charge is 0.409 e. The average Bonchev–Trinajstić information content (AvgIpc) is 3.24. The lowest BCUT2D eigenvalue weighted by molar-refractivity contribution is -0.00294. The summed E-state index contributed by atoms with van der Waals surface area (Å²) in [5, 5.41) is 0. The predicted molar refractivity (Wildman–Crippen MR) is 127 cm³/mol. The number of aryl methyl sites for hydroxylation is 1. The molecule has 2 saturated heterocycles. The predicted octanol–water partition coefficient (Wildman–Crippen LogP) is 4.33. The zero-order chi connectivity index (χ0) is 23.0. The monoisotopic (exact) mass is 452 g/mol. The molecule has 2 aliphatic heterocycles. The summed E-state index contributed by atoms with van der Waals surface area (Å²) in [5.74, 6) is 0.566. The number of pyridine rings is 1. The fourth-order valence-electron chi connectivity index (χ4n) is 5.89. The van der Waals surface area contributed by atoms with E-state index in [1.54, 1.807) is 6.07 Å². The SMILES string of the molecule is CCOC(=O)N1CC2(CC[C@@H](N3CCN(c4ncc(F)cc4-c4cccc(C)c4)CC3)C2)C1. The van der Waals surface area contributed by atoms with Crippen molar-refractivity contribution >= 4 is 11.9 Å². The molecule has 1 spiro atoms. The number of likely N-dealkylation sites (tertiary alicyclic amines) is 1. The standard InChI is InChI=1S/C26H33FN4O2/c1-3-33-25(32)31-17-26(18-31)8-7-22(15-26)29-9-11-30(12-10-29)24-23(14-21(27)16-28-24)20-6-4-5-19(2)13-20/h4-6,13-14,16,22H,3,7-12,15,17-18H2,1-2H3/t22-/m1/s1. The summed E-state index contributed by atoms with van der Waals surface area (Å²) < 4.78 is 19.2. The van der Waals surface area contributed by atoms with Gasteiger partial charge in [-0.05, 0) is 44.7 Å². The van der Waals surface area contributed by atoms with Crippen molar-refractivity contribution in [1.29, 1.82) is 0 Å². The normalized spacial score (nSPS) is 22.5. The average molecular weight is 453 g/mol. The van der Waals surface area contributed by atoms with Crippen molar-refractivity contribution in [3.63, 3.8) is 0 Å². The fourth-order valence-corrected chi connectivity index (χ4v) is 5.89. The van der Waals surface area contributed by atoms with Gasteiger partial charge in [0.1, 0.15) is 11.6 Å². The minimum absolute atomic E-state index is 0.170. The fraction of sp³-hybridized carbons (Fsp3) is 0.538. The highest BCUT2D eigenvalue weighted by atomic mass is 19.1. The second-order valence-corrected chi connectivity index (χ2v) is 9.87. The van der Waals surface area contributed by atoms with Crippen LogP contribution in [0.1, 0.15) is 31.7 Å². The van der Waals surface area contributed by atoms with E-state index in [0.29, 0.717) is 12.6 Å². The maximum atomic E-state index is 14.1. The molecular formula is C26H33FN4O2. The number of nitrogens with zero attached hydrogens (tertiary/aromatic N) is 4. The Hall–Kier alpha value is -2.67. The third kappa shape index (κ3) is 4.43. The molecule has 0 N–H and O–H groups in total. The second-order valence-electron chi connectivity index (χ2n) is 9.87. The number of hydrogen-bond donors (Lipinski definition) is 0. The first-order chi connectivity index (χ1) is 16.0. The second kappa shape index (κ2) is 8.93. The van der Waals surface area contributed by atoms with Gasteiger partial charge in [-0.15, -0.1) is 0 Å². The van der Waals surface area contributed by atoms with E-state index in [1.807, 2.05) is 24.0 Å². The lowest BCUT2D eigenvalue weighted by Gasteiger charge is -2.48. The van der Waals surface area contributed by atoms with Crippen LogP contribution in [0.15, 0.2) is 36.5 Å². The first-order valence-corrected chi connectivity index (χ1v) is 12.1. The topological polar surface area (TPSA) is 48.9 Å². The highest BCUT2D eigenvalue weighted by Gasteiger charge is 2.51. The summed E-state index contributed by atoms with van der Waals surface area (Å²) in [4.78, 5) is 23.2. The Morgan fingerprint density at radius 1 is 1.21 bits per heavy atom. The van der Waals surface area contributed by atoms with Gasteiger partial charge < -0.3 is 14.5 Å². The summed E-state index contributed by atoms with van der Waals surface area (Å²) in [6.07, 6.45) is 4.70. The number of ether oxygens (including phenoxy) is 1. The van der Waals surface area contributed by atoms with Crippen LogP contribution in [-0.4, -0.2) is 72.8 Å². The van der Waals surface area contributed by atoms with Crippen LogP contribution in [0.3, 0.4) is 0 Å². The zero-order valence-corrected chi connectivity index (χ0v) is 19.6. The largest absolute Gasteiger partial charge is 0.450 e. The minimum Gasteiger partial charge on any atom is -0.450 e. The van der Waals surface area contributed by atoms with Gasteiger partial charge in [0, 0.05) is 56.3 Å². The van der Waals surface area contributed by atoms with E-state index in [-0.39, 0.29) is 17.3 Å². The number of piperazine rings is 1. The van der Waals surface area contributed by atoms with E-state index < -0.39 is 0 Å². The molecule has 2 aromatic rings. The Labute approximate surface area is 195 Å². The van der Waals surface area contributed by atoms with Crippen LogP contribution in [0.2, 0.25) is 0 Å². The van der Waals surface area contributed by atoms with Crippen molar-refractivity contribution in [3.05, 3.63) is 47.9 Å². The van der Waals surface area contributed by atoms with Gasteiger partial charge in [-0.25, -0.2) is 14.2 Å². The number of aromatic nitrogens is 1. The molecule has 176 valence electrons. The lowest BCUT2D eigenvalue weighted by atomic mass is 9.78. The Bertz CT molecular complexity index is 1020. The molecule has 7 heteroatoms. The molecule has 3 heterocycles. The zero-order valence-electron chi connectivity index (χ0n) is 19.6. The van der Waals surface area contributed by atoms with Gasteiger partial charge in [0.2, 0.25) is 0 Å². The number of benzene rings is 1. The van der Waals surface area contributed by atoms with Gasteiger partial charge in [0.15, 0.2) is 0 Å². The molecule has 1 aromatic carbocycles. The summed E-state index contributed by atoms with van der Waals surface area (Å²) in [6.45, 7) is 9.74. The minimum atomic E-state index is -0.303. The van der Waals surface area contributed by atoms with Crippen LogP contribution in [0.4, 0.5) is 15.0 Å². The molecule has 3 aliphatic rings. The van der Waals surface area contributed by atoms with E-state index >= 15 is 0 Å². The van der Waals surface area contributed by atoms with Crippen LogP contribution in [0.5, 0.6) is 0 Å². The van der Waals surface area contributed by atoms with Gasteiger partial charge in [-0.1, -0.05) is 29.8 Å². The third-order valence-corrected chi connectivity index (χ3v) is 7.55. The summed E-state index contributed by atoms with van der Waals surface area (Å²) in [6, 6.07) is 10.4. The van der Waals surface area contributed by atoms with E-state index in [9.17, 15) is 9.18 Å². The summed E-state index contributed by atoms with van der Waals surface area (Å²) in [7, 11) is 0. The number of hydrogen-bond acceptors (Lipinski definition) is 5. The molecule has 5 rings (SSSR count). The van der Waals surface area contributed by atoms with Crippen LogP contribution in [0, 0.1) is 18.2 Å². The number of halogens is 1. The first-order valence-electron chi connectivity index (χ1n) is 12.1. The summed E-state index contributed by atoms with van der Waals surface area (Å²) in [5.41, 5.74) is 3.31. The molecule has 1 aliphatic carbocycles. The van der Waals surface area contributed by atoms with Crippen molar-refractivity contribution in [2.24, 2.45) is 5.41 Å². The van der Waals surface area contributed by atoms with Gasteiger partial charge in [-0.2, -0.15) is 0 Å². The Morgan fingerprint density at radius 3 is 2.73 bits per heavy atom. The first kappa shape index (κ1) is 22.1. The third-order valence-electron chi connectivity index (χ3n) is 7.55. The van der Waals surface area contributed by atoms with Gasteiger partial charge >= 0.3 is 6.09 Å². The molecule has 0 bridgehead atoms. The number of carbonyl (C=O) groups is 1. The van der Waals surface area contributed by atoms with Gasteiger partial charge in [0.05, 0.1) is 12.8 Å². The van der Waals surface area contributed by atoms with Crippen molar-refractivity contribution in [2.75, 3.05) is 50.8 Å². The Balaban J connectivity index is 1.21. The van der Waals surface area contributed by atoms with Crippen molar-refractivity contribution in [1.82, 2.24) is 14.8 Å². The molecule has 6 nitrogen and oxygen atoms in total. The maximum Gasteiger partial charge on any atom is 0.409 e. The highest BCUT2D eigenvalue weighted by molar-refractivity contribution is 5.76. The van der Waals surface area contributed by atoms with Gasteiger partial charge in [0.25, 0.3) is 0 Å². The Morgan fingerprint density at radius 2 is 2.00 bits per heavy atom. The van der Waals surface area contributed by atoms with E-state index in [2.05, 4.69) is 33.8 Å². The van der Waals surface area contributed by atoms with Crippen LogP contribution in [0.25, 0.3) is 11.1 Å². The van der Waals surface area contributed by atoms with E-state index in [4.69, 9.17) is 4.74 Å². The number of anilines is 1. The molecule has 1 amide bonds. The maximum absolute atomic E-state index is 14.1. The summed E-state index contributed by atoms with van der Waals surface area (Å²) >= 11 is 0. The Kier molecular flexibility index (Phi) is 5.99. The van der Waals surface area contributed by atoms with Crippen molar-refractivity contribution < 1.29 is 13.9 Å². The molecular weight excluding hydrogens is 419 g/mol. The van der Waals surface area contributed by atoms with E-state index in [1.165, 1.54) is 19.0 Å². The quantitative estimate of drug-likeness (QED) is 0.691. The highest BCUT2D eigenvalue weighted by Crippen LogP contribution is 2.47. The van der Waals surface area contributed by atoms with Crippen molar-refractivity contribution in [2.45, 2.75) is 39.2 Å². The number of carbonyl (C=O) groups excluding carboxylic acids is 1. The number of amides is 1.